The van der Waals surface area contributed by atoms with Gasteiger partial charge in [-0.2, -0.15) is 5.10 Å². The Hall–Kier alpha value is -3.22. The molecule has 1 atom stereocenters. The predicted molar refractivity (Wildman–Crippen MR) is 124 cm³/mol. The van der Waals surface area contributed by atoms with Crippen LogP contribution < -0.4 is 10.2 Å². The average molecular weight is 431 g/mol. The second-order valence-electron chi connectivity index (χ2n) is 8.71. The third-order valence-corrected chi connectivity index (χ3v) is 6.46. The van der Waals surface area contributed by atoms with Crippen molar-refractivity contribution in [3.8, 4) is 11.4 Å². The van der Waals surface area contributed by atoms with Crippen LogP contribution in [0, 0.1) is 5.92 Å². The Morgan fingerprint density at radius 1 is 1.09 bits per heavy atom. The first kappa shape index (κ1) is 20.7. The van der Waals surface area contributed by atoms with Crippen LogP contribution >= 0.6 is 0 Å². The predicted octanol–water partition coefficient (Wildman–Crippen LogP) is 3.25. The molecule has 2 aliphatic rings. The van der Waals surface area contributed by atoms with Gasteiger partial charge in [0, 0.05) is 55.4 Å². The maximum atomic E-state index is 12.9. The maximum Gasteiger partial charge on any atom is 0.224 e. The minimum Gasteiger partial charge on any atom is -0.356 e. The molecule has 5 rings (SSSR count). The lowest BCUT2D eigenvalue weighted by molar-refractivity contribution is -0.125. The Bertz CT molecular complexity index is 1050. The summed E-state index contributed by atoms with van der Waals surface area (Å²) in [5.74, 6) is 2.00. The molecule has 0 radical (unpaired) electrons. The number of carbonyl (C=O) groups is 1. The van der Waals surface area contributed by atoms with Gasteiger partial charge in [-0.3, -0.25) is 9.48 Å². The van der Waals surface area contributed by atoms with E-state index in [1.165, 1.54) is 11.3 Å². The summed E-state index contributed by atoms with van der Waals surface area (Å²) in [5, 5.41) is 7.35. The Labute approximate surface area is 188 Å². The van der Waals surface area contributed by atoms with Crippen LogP contribution in [-0.4, -0.2) is 45.3 Å². The summed E-state index contributed by atoms with van der Waals surface area (Å²) in [6.07, 6.45) is 9.71. The topological polar surface area (TPSA) is 75.9 Å². The third kappa shape index (κ3) is 4.52. The lowest BCUT2D eigenvalue weighted by Crippen LogP contribution is -2.44. The van der Waals surface area contributed by atoms with Gasteiger partial charge in [0.2, 0.25) is 5.91 Å². The van der Waals surface area contributed by atoms with Crippen LogP contribution in [0.15, 0.2) is 48.8 Å². The average Bonchev–Trinajstić information content (AvgIpc) is 3.54. The summed E-state index contributed by atoms with van der Waals surface area (Å²) in [6, 6.07) is 12.1. The van der Waals surface area contributed by atoms with E-state index in [4.69, 9.17) is 9.97 Å². The van der Waals surface area contributed by atoms with Crippen molar-refractivity contribution in [1.29, 1.82) is 0 Å². The zero-order valence-electron chi connectivity index (χ0n) is 18.4. The molecule has 7 nitrogen and oxygen atoms in total. The van der Waals surface area contributed by atoms with Crippen LogP contribution in [0.1, 0.15) is 36.9 Å². The van der Waals surface area contributed by atoms with Crippen molar-refractivity contribution in [3.63, 3.8) is 0 Å². The van der Waals surface area contributed by atoms with Crippen molar-refractivity contribution in [2.24, 2.45) is 5.92 Å². The highest BCUT2D eigenvalue weighted by Crippen LogP contribution is 2.33. The molecule has 1 fully saturated rings. The Morgan fingerprint density at radius 2 is 2.00 bits per heavy atom. The largest absolute Gasteiger partial charge is 0.356 e. The van der Waals surface area contributed by atoms with E-state index in [2.05, 4.69) is 27.4 Å². The summed E-state index contributed by atoms with van der Waals surface area (Å²) >= 11 is 0. The molecule has 3 heterocycles. The molecule has 1 amide bonds. The number of hydrogen-bond acceptors (Lipinski definition) is 5. The van der Waals surface area contributed by atoms with E-state index < -0.39 is 0 Å². The SMILES string of the molecule is O=C(NCCCn1cccn1)[C@H]1CCCN(c2nc(-c3ccccc3)nc3c2CCC3)C1. The molecule has 1 aliphatic carbocycles. The van der Waals surface area contributed by atoms with Crippen LogP contribution in [0.3, 0.4) is 0 Å². The molecule has 2 aromatic heterocycles. The summed E-state index contributed by atoms with van der Waals surface area (Å²) in [7, 11) is 0. The quantitative estimate of drug-likeness (QED) is 0.583. The van der Waals surface area contributed by atoms with Crippen LogP contribution in [0.25, 0.3) is 11.4 Å². The smallest absolute Gasteiger partial charge is 0.224 e. The number of nitrogens with zero attached hydrogens (tertiary/aromatic N) is 5. The second-order valence-corrected chi connectivity index (χ2v) is 8.71. The van der Waals surface area contributed by atoms with Gasteiger partial charge in [0.15, 0.2) is 5.82 Å². The standard InChI is InChI=1S/C25H30N6O/c32-25(26-13-6-16-31-17-7-14-27-31)20-10-5-15-30(18-20)24-21-11-4-12-22(21)28-23(29-24)19-8-2-1-3-9-19/h1-3,7-9,14,17,20H,4-6,10-13,15-16,18H2,(H,26,32)/t20-/m0/s1. The molecule has 1 aromatic carbocycles. The number of carbonyl (C=O) groups excluding carboxylic acids is 1. The van der Waals surface area contributed by atoms with E-state index in [0.717, 1.165) is 75.4 Å². The minimum atomic E-state index is 0.000599. The van der Waals surface area contributed by atoms with Gasteiger partial charge in [-0.15, -0.1) is 0 Å². The van der Waals surface area contributed by atoms with E-state index in [0.29, 0.717) is 6.54 Å². The summed E-state index contributed by atoms with van der Waals surface area (Å²) < 4.78 is 1.90. The van der Waals surface area contributed by atoms with Crippen LogP contribution in [0.5, 0.6) is 0 Å². The van der Waals surface area contributed by atoms with Gasteiger partial charge in [0.25, 0.3) is 0 Å². The van der Waals surface area contributed by atoms with E-state index in [1.54, 1.807) is 6.20 Å². The molecule has 0 spiro atoms. The Balaban J connectivity index is 1.27. The first-order valence-corrected chi connectivity index (χ1v) is 11.7. The number of rotatable bonds is 7. The van der Waals surface area contributed by atoms with Crippen molar-refractivity contribution in [2.45, 2.75) is 45.1 Å². The van der Waals surface area contributed by atoms with Gasteiger partial charge in [0.1, 0.15) is 5.82 Å². The number of hydrogen-bond donors (Lipinski definition) is 1. The number of fused-ring (bicyclic) bond motifs is 1. The molecule has 32 heavy (non-hydrogen) atoms. The number of piperidine rings is 1. The number of amides is 1. The number of benzene rings is 1. The van der Waals surface area contributed by atoms with Gasteiger partial charge in [-0.1, -0.05) is 30.3 Å². The molecule has 1 saturated heterocycles. The van der Waals surface area contributed by atoms with E-state index >= 15 is 0 Å². The first-order valence-electron chi connectivity index (χ1n) is 11.7. The highest BCUT2D eigenvalue weighted by molar-refractivity contribution is 5.79. The van der Waals surface area contributed by atoms with E-state index in [9.17, 15) is 4.79 Å². The molecular weight excluding hydrogens is 400 g/mol. The van der Waals surface area contributed by atoms with Gasteiger partial charge in [-0.05, 0) is 44.6 Å². The summed E-state index contributed by atoms with van der Waals surface area (Å²) in [4.78, 5) is 25.1. The molecule has 166 valence electrons. The van der Waals surface area contributed by atoms with Gasteiger partial charge < -0.3 is 10.2 Å². The molecule has 0 unspecified atom stereocenters. The van der Waals surface area contributed by atoms with Crippen LogP contribution in [0.2, 0.25) is 0 Å². The molecule has 0 bridgehead atoms. The van der Waals surface area contributed by atoms with Gasteiger partial charge in [0.05, 0.1) is 5.92 Å². The van der Waals surface area contributed by atoms with Crippen LogP contribution in [0.4, 0.5) is 5.82 Å². The highest BCUT2D eigenvalue weighted by atomic mass is 16.1. The van der Waals surface area contributed by atoms with Crippen molar-refractivity contribution >= 4 is 11.7 Å². The normalized spacial score (nSPS) is 17.9. The lowest BCUT2D eigenvalue weighted by Gasteiger charge is -2.34. The monoisotopic (exact) mass is 430 g/mol. The summed E-state index contributed by atoms with van der Waals surface area (Å²) in [6.45, 7) is 3.17. The second kappa shape index (κ2) is 9.51. The fourth-order valence-corrected chi connectivity index (χ4v) is 4.80. The number of aryl methyl sites for hydroxylation is 2. The Morgan fingerprint density at radius 3 is 2.84 bits per heavy atom. The molecule has 1 aliphatic heterocycles. The van der Waals surface area contributed by atoms with Gasteiger partial charge >= 0.3 is 0 Å². The van der Waals surface area contributed by atoms with Crippen molar-refractivity contribution in [2.75, 3.05) is 24.5 Å². The number of anilines is 1. The van der Waals surface area contributed by atoms with Crippen molar-refractivity contribution in [1.82, 2.24) is 25.1 Å². The zero-order valence-corrected chi connectivity index (χ0v) is 18.4. The van der Waals surface area contributed by atoms with E-state index in [1.807, 2.05) is 35.1 Å². The fourth-order valence-electron chi connectivity index (χ4n) is 4.80. The maximum absolute atomic E-state index is 12.9. The zero-order chi connectivity index (χ0) is 21.8. The third-order valence-electron chi connectivity index (χ3n) is 6.46. The molecule has 3 aromatic rings. The number of nitrogens with one attached hydrogen (secondary N) is 1. The first-order chi connectivity index (χ1) is 15.8. The molecular formula is C25H30N6O. The minimum absolute atomic E-state index is 0.000599. The van der Waals surface area contributed by atoms with Gasteiger partial charge in [-0.25, -0.2) is 9.97 Å². The highest BCUT2D eigenvalue weighted by Gasteiger charge is 2.30. The molecule has 0 saturated carbocycles. The molecule has 1 N–H and O–H groups in total. The Kier molecular flexibility index (Phi) is 6.14. The summed E-state index contributed by atoms with van der Waals surface area (Å²) in [5.41, 5.74) is 3.51. The van der Waals surface area contributed by atoms with Crippen molar-refractivity contribution < 1.29 is 4.79 Å². The molecule has 7 heteroatoms. The van der Waals surface area contributed by atoms with E-state index in [-0.39, 0.29) is 11.8 Å². The van der Waals surface area contributed by atoms with Crippen molar-refractivity contribution in [3.05, 3.63) is 60.0 Å². The number of aromatic nitrogens is 4. The lowest BCUT2D eigenvalue weighted by atomic mass is 9.96. The fraction of sp³-hybridized carbons (Fsp3) is 0.440. The van der Waals surface area contributed by atoms with Crippen LogP contribution in [-0.2, 0) is 24.2 Å².